The number of allylic oxidation sites excluding steroid dienone is 1. The number of para-hydroxylation sites is 1. The summed E-state index contributed by atoms with van der Waals surface area (Å²) in [6, 6.07) is 25.9. The Kier molecular flexibility index (Phi) is 8.15. The molecule has 31 heavy (non-hydrogen) atoms. The predicted octanol–water partition coefficient (Wildman–Crippen LogP) is 1.02. The van der Waals surface area contributed by atoms with E-state index in [1.54, 1.807) is 16.5 Å². The first-order valence-corrected chi connectivity index (χ1v) is 13.2. The van der Waals surface area contributed by atoms with Gasteiger partial charge in [-0.3, -0.25) is 0 Å². The van der Waals surface area contributed by atoms with E-state index in [1.165, 1.54) is 27.6 Å². The molecule has 5 heteroatoms. The van der Waals surface area contributed by atoms with Gasteiger partial charge in [0.15, 0.2) is 0 Å². The molecule has 1 unspecified atom stereocenters. The van der Waals surface area contributed by atoms with E-state index in [0.717, 1.165) is 5.54 Å². The van der Waals surface area contributed by atoms with Gasteiger partial charge in [-0.15, -0.1) is 40.6 Å². The van der Waals surface area contributed by atoms with Crippen LogP contribution in [0.25, 0.3) is 21.7 Å². The molecule has 1 atom stereocenters. The van der Waals surface area contributed by atoms with Gasteiger partial charge in [0.2, 0.25) is 0 Å². The molecule has 0 saturated heterocycles. The number of halogens is 2. The summed E-state index contributed by atoms with van der Waals surface area (Å²) in [5.74, 6) is 0. The maximum atomic E-state index is 2.51. The van der Waals surface area contributed by atoms with Gasteiger partial charge in [0.1, 0.15) is 0 Å². The van der Waals surface area contributed by atoms with Crippen molar-refractivity contribution in [3.63, 3.8) is 0 Å². The Balaban J connectivity index is 0.000000228. The fraction of sp³-hybridized carbons (Fsp3) is 0.192. The quantitative estimate of drug-likeness (QED) is 0.250. The third-order valence-corrected chi connectivity index (χ3v) is 10.6. The molecule has 157 valence electrons. The molecule has 3 heterocycles. The van der Waals surface area contributed by atoms with Gasteiger partial charge in [0, 0.05) is 23.1 Å². The largest absolute Gasteiger partial charge is 3.00 e. The van der Waals surface area contributed by atoms with Crippen molar-refractivity contribution in [1.82, 2.24) is 4.57 Å². The Bertz CT molecular complexity index is 1190. The van der Waals surface area contributed by atoms with Crippen LogP contribution in [-0.4, -0.2) is 12.6 Å². The van der Waals surface area contributed by atoms with Crippen LogP contribution >= 0.6 is 0 Å². The molecule has 1 aliphatic carbocycles. The molecule has 1 radical (unpaired) electrons. The Morgan fingerprint density at radius 1 is 0.871 bits per heavy atom. The molecule has 0 spiro atoms. The van der Waals surface area contributed by atoms with Crippen molar-refractivity contribution in [2.45, 2.75) is 32.5 Å². The third kappa shape index (κ3) is 4.11. The van der Waals surface area contributed by atoms with Gasteiger partial charge in [0.05, 0.1) is 8.07 Å². The summed E-state index contributed by atoms with van der Waals surface area (Å²) in [6.07, 6.45) is 2.24. The number of aromatic nitrogens is 1. The second-order valence-corrected chi connectivity index (χ2v) is 13.2. The molecule has 1 nitrogen and oxygen atoms in total. The molecule has 4 aromatic rings. The van der Waals surface area contributed by atoms with Crippen molar-refractivity contribution in [2.24, 2.45) is 0 Å². The number of fused-ring (bicyclic) bond motifs is 1. The van der Waals surface area contributed by atoms with Crippen molar-refractivity contribution in [3.05, 3.63) is 101 Å². The summed E-state index contributed by atoms with van der Waals surface area (Å²) in [4.78, 5) is 0. The predicted molar refractivity (Wildman–Crippen MR) is 123 cm³/mol. The van der Waals surface area contributed by atoms with Crippen LogP contribution in [0.15, 0.2) is 84.6 Å². The minimum atomic E-state index is -1.17. The number of benzene rings is 2. The average Bonchev–Trinajstić information content (AvgIpc) is 3.38. The number of rotatable bonds is 1. The molecule has 0 N–H and O–H groups in total. The van der Waals surface area contributed by atoms with Gasteiger partial charge in [0.25, 0.3) is 0 Å². The fourth-order valence-corrected chi connectivity index (χ4v) is 9.77. The average molecular weight is 543 g/mol. The minimum absolute atomic E-state index is 0. The van der Waals surface area contributed by atoms with Gasteiger partial charge in [-0.2, -0.15) is 6.07 Å². The van der Waals surface area contributed by atoms with Crippen LogP contribution in [0.3, 0.4) is 0 Å². The van der Waals surface area contributed by atoms with Gasteiger partial charge >= 0.3 is 26.2 Å². The molecule has 1 aromatic heterocycles. The van der Waals surface area contributed by atoms with Crippen molar-refractivity contribution in [1.29, 1.82) is 0 Å². The fourth-order valence-electron chi connectivity index (χ4n) is 5.44. The zero-order valence-electron chi connectivity index (χ0n) is 18.3. The molecule has 3 aliphatic rings. The molecule has 0 amide bonds. The molecule has 0 fully saturated rings. The normalized spacial score (nSPS) is 16.7. The number of aryl methyl sites for hydroxylation is 1. The van der Waals surface area contributed by atoms with Gasteiger partial charge < -0.3 is 29.4 Å². The van der Waals surface area contributed by atoms with Crippen molar-refractivity contribution >= 4 is 24.0 Å². The maximum absolute atomic E-state index is 2.51. The molecular formula is C26H26Cl2NSiZr. The second-order valence-electron chi connectivity index (χ2n) is 8.69. The first-order chi connectivity index (χ1) is 13.5. The Hall–Kier alpha value is -1.25. The van der Waals surface area contributed by atoms with Crippen LogP contribution in [0.5, 0.6) is 0 Å². The Morgan fingerprint density at radius 2 is 1.52 bits per heavy atom. The minimum Gasteiger partial charge on any atom is -1.00 e. The van der Waals surface area contributed by atoms with E-state index in [0.29, 0.717) is 0 Å². The van der Waals surface area contributed by atoms with E-state index in [1.807, 2.05) is 0 Å². The van der Waals surface area contributed by atoms with Crippen molar-refractivity contribution < 1.29 is 51.0 Å². The van der Waals surface area contributed by atoms with Crippen LogP contribution in [-0.2, 0) is 26.2 Å². The van der Waals surface area contributed by atoms with Crippen LogP contribution in [0.1, 0.15) is 29.3 Å². The summed E-state index contributed by atoms with van der Waals surface area (Å²) >= 11 is 0. The number of hydrogen-bond acceptors (Lipinski definition) is 0. The van der Waals surface area contributed by atoms with E-state index < -0.39 is 8.07 Å². The summed E-state index contributed by atoms with van der Waals surface area (Å²) in [7, 11) is -1.17. The first-order valence-electron chi connectivity index (χ1n) is 10.1. The van der Waals surface area contributed by atoms with Gasteiger partial charge in [-0.1, -0.05) is 55.1 Å². The standard InChI is InChI=1S/C16H17NSi.C10H9.2ClH.Zr/c1-11-15-13-9-10-17(12-7-5-4-6-8-12)14(13)16(11)18(15,2)3;1-8-6-9-4-2-3-5-10(9)7-8;;;/h4-10,16H,1-3H3;2-7H,1H3;2*1H;/q;-1;;;+3/p-2. The third-order valence-electron chi connectivity index (χ3n) is 6.46. The van der Waals surface area contributed by atoms with E-state index in [-0.39, 0.29) is 51.0 Å². The zero-order chi connectivity index (χ0) is 19.5. The van der Waals surface area contributed by atoms with Crippen LogP contribution in [0.2, 0.25) is 13.1 Å². The monoisotopic (exact) mass is 540 g/mol. The van der Waals surface area contributed by atoms with Crippen LogP contribution < -0.4 is 24.8 Å². The molecular weight excluding hydrogens is 517 g/mol. The van der Waals surface area contributed by atoms with Crippen LogP contribution in [0, 0.1) is 6.92 Å². The summed E-state index contributed by atoms with van der Waals surface area (Å²) in [5, 5.41) is 4.41. The first kappa shape index (κ1) is 26.0. The Morgan fingerprint density at radius 3 is 2.16 bits per heavy atom. The SMILES string of the molecule is CC1=C2c3ccn(-c4ccccc4)c3C1[Si]2(C)C.Cc1cc2ccccc2[cH-]1.[Cl-].[Cl-].[Zr+3]. The van der Waals surface area contributed by atoms with Crippen molar-refractivity contribution in [3.8, 4) is 5.69 Å². The summed E-state index contributed by atoms with van der Waals surface area (Å²) in [5.41, 5.74) is 8.13. The summed E-state index contributed by atoms with van der Waals surface area (Å²) < 4.78 is 2.40. The van der Waals surface area contributed by atoms with E-state index in [4.69, 9.17) is 0 Å². The van der Waals surface area contributed by atoms with E-state index >= 15 is 0 Å². The Labute approximate surface area is 217 Å². The van der Waals surface area contributed by atoms with Gasteiger partial charge in [-0.25, -0.2) is 0 Å². The van der Waals surface area contributed by atoms with E-state index in [2.05, 4.69) is 111 Å². The molecule has 2 aliphatic heterocycles. The molecule has 3 aromatic carbocycles. The summed E-state index contributed by atoms with van der Waals surface area (Å²) in [6.45, 7) is 9.47. The van der Waals surface area contributed by atoms with Crippen LogP contribution in [0.4, 0.5) is 0 Å². The molecule has 7 rings (SSSR count). The zero-order valence-corrected chi connectivity index (χ0v) is 23.3. The molecule has 0 saturated carbocycles. The smallest absolute Gasteiger partial charge is 1.00 e. The van der Waals surface area contributed by atoms with Crippen molar-refractivity contribution in [2.75, 3.05) is 0 Å². The second kappa shape index (κ2) is 9.71. The molecule has 2 bridgehead atoms. The van der Waals surface area contributed by atoms with Gasteiger partial charge in [-0.05, 0) is 30.7 Å². The number of nitrogens with zero attached hydrogens (tertiary/aromatic N) is 1. The number of hydrogen-bond donors (Lipinski definition) is 0. The van der Waals surface area contributed by atoms with E-state index in [9.17, 15) is 0 Å². The topological polar surface area (TPSA) is 4.93 Å². The maximum Gasteiger partial charge on any atom is 3.00 e.